The second-order valence-corrected chi connectivity index (χ2v) is 6.04. The Morgan fingerprint density at radius 3 is 3.00 bits per heavy atom. The summed E-state index contributed by atoms with van der Waals surface area (Å²) >= 11 is 0. The molecule has 0 bridgehead atoms. The Labute approximate surface area is 127 Å². The van der Waals surface area contributed by atoms with Gasteiger partial charge in [0.15, 0.2) is 0 Å². The van der Waals surface area contributed by atoms with Crippen molar-refractivity contribution in [2.75, 3.05) is 31.6 Å². The summed E-state index contributed by atoms with van der Waals surface area (Å²) in [5.74, 6) is 1.44. The zero-order valence-electron chi connectivity index (χ0n) is 13.4. The normalized spacial score (nSPS) is 18.6. The quantitative estimate of drug-likeness (QED) is 0.836. The van der Waals surface area contributed by atoms with Crippen molar-refractivity contribution in [1.82, 2.24) is 14.9 Å². The van der Waals surface area contributed by atoms with E-state index in [9.17, 15) is 4.79 Å². The maximum Gasteiger partial charge on any atom is 0.272 e. The zero-order chi connectivity index (χ0) is 15.2. The van der Waals surface area contributed by atoms with Crippen LogP contribution in [-0.2, 0) is 0 Å². The van der Waals surface area contributed by atoms with Crippen molar-refractivity contribution in [3.8, 4) is 0 Å². The standard InChI is InChI=1S/C16H26N4O/c1-4-5-8-19(3)15-10-14(17-12-18-15)16(21)20-9-6-7-13(2)11-20/h10,12-13H,4-9,11H2,1-3H3. The Balaban J connectivity index is 2.07. The first-order chi connectivity index (χ1) is 10.1. The van der Waals surface area contributed by atoms with E-state index in [0.29, 0.717) is 11.6 Å². The summed E-state index contributed by atoms with van der Waals surface area (Å²) in [7, 11) is 2.01. The number of amides is 1. The molecule has 2 heterocycles. The van der Waals surface area contributed by atoms with E-state index in [2.05, 4.69) is 28.7 Å². The van der Waals surface area contributed by atoms with Crippen LogP contribution in [0, 0.1) is 5.92 Å². The monoisotopic (exact) mass is 290 g/mol. The van der Waals surface area contributed by atoms with Crippen LogP contribution in [0.15, 0.2) is 12.4 Å². The van der Waals surface area contributed by atoms with Crippen LogP contribution in [0.1, 0.15) is 50.0 Å². The summed E-state index contributed by atoms with van der Waals surface area (Å²) in [5, 5.41) is 0. The van der Waals surface area contributed by atoms with E-state index in [-0.39, 0.29) is 5.91 Å². The van der Waals surface area contributed by atoms with Crippen molar-refractivity contribution < 1.29 is 4.79 Å². The molecule has 1 atom stereocenters. The Bertz CT molecular complexity index is 477. The maximum absolute atomic E-state index is 12.6. The lowest BCUT2D eigenvalue weighted by Gasteiger charge is -2.30. The molecule has 5 nitrogen and oxygen atoms in total. The van der Waals surface area contributed by atoms with Crippen molar-refractivity contribution in [1.29, 1.82) is 0 Å². The number of carbonyl (C=O) groups excluding carboxylic acids is 1. The number of unbranched alkanes of at least 4 members (excludes halogenated alkanes) is 1. The van der Waals surface area contributed by atoms with Crippen LogP contribution < -0.4 is 4.90 Å². The van der Waals surface area contributed by atoms with Crippen molar-refractivity contribution in [2.45, 2.75) is 39.5 Å². The minimum Gasteiger partial charge on any atom is -0.360 e. The molecule has 1 aliphatic heterocycles. The van der Waals surface area contributed by atoms with Crippen molar-refractivity contribution >= 4 is 11.7 Å². The number of likely N-dealkylation sites (tertiary alicyclic amines) is 1. The molecule has 0 spiro atoms. The molecule has 0 N–H and O–H groups in total. The molecular formula is C16H26N4O. The Hall–Kier alpha value is -1.65. The fourth-order valence-electron chi connectivity index (χ4n) is 2.72. The van der Waals surface area contributed by atoms with Crippen molar-refractivity contribution in [3.63, 3.8) is 0 Å². The fraction of sp³-hybridized carbons (Fsp3) is 0.688. The number of hydrogen-bond acceptors (Lipinski definition) is 4. The minimum atomic E-state index is 0.0362. The molecule has 21 heavy (non-hydrogen) atoms. The van der Waals surface area contributed by atoms with Crippen molar-refractivity contribution in [2.24, 2.45) is 5.92 Å². The van der Waals surface area contributed by atoms with Gasteiger partial charge < -0.3 is 9.80 Å². The highest BCUT2D eigenvalue weighted by Crippen LogP contribution is 2.18. The zero-order valence-corrected chi connectivity index (χ0v) is 13.4. The molecule has 1 saturated heterocycles. The highest BCUT2D eigenvalue weighted by atomic mass is 16.2. The third-order valence-corrected chi connectivity index (χ3v) is 4.05. The van der Waals surface area contributed by atoms with Gasteiger partial charge in [-0.05, 0) is 25.2 Å². The van der Waals surface area contributed by atoms with Crippen LogP contribution in [0.3, 0.4) is 0 Å². The first-order valence-electron chi connectivity index (χ1n) is 7.94. The molecular weight excluding hydrogens is 264 g/mol. The smallest absolute Gasteiger partial charge is 0.272 e. The number of rotatable bonds is 5. The highest BCUT2D eigenvalue weighted by Gasteiger charge is 2.23. The first-order valence-corrected chi connectivity index (χ1v) is 7.94. The van der Waals surface area contributed by atoms with Crippen LogP contribution in [-0.4, -0.2) is 47.5 Å². The van der Waals surface area contributed by atoms with Gasteiger partial charge in [0, 0.05) is 32.7 Å². The van der Waals surface area contributed by atoms with Crippen LogP contribution in [0.4, 0.5) is 5.82 Å². The van der Waals surface area contributed by atoms with Gasteiger partial charge in [-0.1, -0.05) is 20.3 Å². The van der Waals surface area contributed by atoms with E-state index in [1.165, 1.54) is 12.7 Å². The molecule has 1 fully saturated rings. The Kier molecular flexibility index (Phi) is 5.53. The molecule has 0 saturated carbocycles. The summed E-state index contributed by atoms with van der Waals surface area (Å²) in [6.07, 6.45) is 6.05. The van der Waals surface area contributed by atoms with Crippen molar-refractivity contribution in [3.05, 3.63) is 18.1 Å². The molecule has 0 aromatic carbocycles. The summed E-state index contributed by atoms with van der Waals surface area (Å²) in [6, 6.07) is 1.82. The van der Waals surface area contributed by atoms with E-state index in [1.807, 2.05) is 18.0 Å². The summed E-state index contributed by atoms with van der Waals surface area (Å²) < 4.78 is 0. The van der Waals surface area contributed by atoms with Gasteiger partial charge in [0.1, 0.15) is 17.8 Å². The topological polar surface area (TPSA) is 49.3 Å². The molecule has 1 aliphatic rings. The van der Waals surface area contributed by atoms with Gasteiger partial charge in [-0.25, -0.2) is 9.97 Å². The van der Waals surface area contributed by atoms with Crippen LogP contribution in [0.2, 0.25) is 0 Å². The molecule has 1 unspecified atom stereocenters. The minimum absolute atomic E-state index is 0.0362. The van der Waals surface area contributed by atoms with Crippen LogP contribution in [0.5, 0.6) is 0 Å². The van der Waals surface area contributed by atoms with E-state index >= 15 is 0 Å². The fourth-order valence-corrected chi connectivity index (χ4v) is 2.72. The molecule has 116 valence electrons. The summed E-state index contributed by atoms with van der Waals surface area (Å²) in [6.45, 7) is 6.99. The lowest BCUT2D eigenvalue weighted by molar-refractivity contribution is 0.0677. The van der Waals surface area contributed by atoms with Gasteiger partial charge in [0.2, 0.25) is 0 Å². The van der Waals surface area contributed by atoms with E-state index in [1.54, 1.807) is 0 Å². The number of piperidine rings is 1. The molecule has 5 heteroatoms. The predicted molar refractivity (Wildman–Crippen MR) is 84.5 cm³/mol. The molecule has 0 aliphatic carbocycles. The number of nitrogens with zero attached hydrogens (tertiary/aromatic N) is 4. The van der Waals surface area contributed by atoms with E-state index in [0.717, 1.165) is 44.7 Å². The number of aromatic nitrogens is 2. The number of carbonyl (C=O) groups is 1. The Morgan fingerprint density at radius 1 is 1.48 bits per heavy atom. The summed E-state index contributed by atoms with van der Waals surface area (Å²) in [4.78, 5) is 25.0. The SMILES string of the molecule is CCCCN(C)c1cc(C(=O)N2CCCC(C)C2)ncn1. The largest absolute Gasteiger partial charge is 0.360 e. The van der Waals surface area contributed by atoms with Gasteiger partial charge in [-0.2, -0.15) is 0 Å². The Morgan fingerprint density at radius 2 is 2.29 bits per heavy atom. The van der Waals surface area contributed by atoms with Gasteiger partial charge in [-0.15, -0.1) is 0 Å². The third-order valence-electron chi connectivity index (χ3n) is 4.05. The van der Waals surface area contributed by atoms with Gasteiger partial charge in [0.25, 0.3) is 5.91 Å². The van der Waals surface area contributed by atoms with E-state index in [4.69, 9.17) is 0 Å². The van der Waals surface area contributed by atoms with Gasteiger partial charge in [-0.3, -0.25) is 4.79 Å². The van der Waals surface area contributed by atoms with Gasteiger partial charge >= 0.3 is 0 Å². The van der Waals surface area contributed by atoms with Gasteiger partial charge in [0.05, 0.1) is 0 Å². The maximum atomic E-state index is 12.6. The second kappa shape index (κ2) is 7.38. The average molecular weight is 290 g/mol. The average Bonchev–Trinajstić information content (AvgIpc) is 2.52. The number of hydrogen-bond donors (Lipinski definition) is 0. The number of anilines is 1. The third kappa shape index (κ3) is 4.16. The molecule has 2 rings (SSSR count). The molecule has 0 radical (unpaired) electrons. The highest BCUT2D eigenvalue weighted by molar-refractivity contribution is 5.93. The van der Waals surface area contributed by atoms with E-state index < -0.39 is 0 Å². The lowest BCUT2D eigenvalue weighted by atomic mass is 10.00. The van der Waals surface area contributed by atoms with Crippen LogP contribution in [0.25, 0.3) is 0 Å². The summed E-state index contributed by atoms with van der Waals surface area (Å²) in [5.41, 5.74) is 0.512. The lowest BCUT2D eigenvalue weighted by Crippen LogP contribution is -2.39. The first kappa shape index (κ1) is 15.7. The van der Waals surface area contributed by atoms with Crippen LogP contribution >= 0.6 is 0 Å². The second-order valence-electron chi connectivity index (χ2n) is 6.04. The molecule has 1 aromatic heterocycles. The predicted octanol–water partition coefficient (Wildman–Crippen LogP) is 2.59. The molecule has 1 aromatic rings. The molecule has 1 amide bonds.